The van der Waals surface area contributed by atoms with Gasteiger partial charge in [-0.2, -0.15) is 0 Å². The van der Waals surface area contributed by atoms with Crippen molar-refractivity contribution in [3.8, 4) is 0 Å². The van der Waals surface area contributed by atoms with E-state index in [-0.39, 0.29) is 0 Å². The van der Waals surface area contributed by atoms with Crippen LogP contribution in [0, 0.1) is 0 Å². The molecule has 0 aliphatic rings. The van der Waals surface area contributed by atoms with Gasteiger partial charge in [0.2, 0.25) is 0 Å². The summed E-state index contributed by atoms with van der Waals surface area (Å²) in [4.78, 5) is 3.92. The van der Waals surface area contributed by atoms with E-state index in [1.165, 1.54) is 0 Å². The Bertz CT molecular complexity index is 95.8. The van der Waals surface area contributed by atoms with Gasteiger partial charge in [0.25, 0.3) is 0 Å². The van der Waals surface area contributed by atoms with Gasteiger partial charge in [-0.05, 0) is 13.0 Å². The van der Waals surface area contributed by atoms with Crippen molar-refractivity contribution >= 4 is 5.84 Å². The fourth-order valence-electron chi connectivity index (χ4n) is 0.339. The first-order valence-electron chi connectivity index (χ1n) is 2.48. The first-order valence-corrected chi connectivity index (χ1v) is 2.48. The van der Waals surface area contributed by atoms with Crippen LogP contribution in [0.15, 0.2) is 17.6 Å². The van der Waals surface area contributed by atoms with Gasteiger partial charge in [0.15, 0.2) is 0 Å². The van der Waals surface area contributed by atoms with Crippen molar-refractivity contribution in [3.05, 3.63) is 12.7 Å². The van der Waals surface area contributed by atoms with Gasteiger partial charge >= 0.3 is 0 Å². The monoisotopic (exact) mass is 113 g/mol. The minimum atomic E-state index is 0.632. The van der Waals surface area contributed by atoms with Crippen molar-refractivity contribution in [1.29, 1.82) is 0 Å². The molecule has 0 atom stereocenters. The van der Waals surface area contributed by atoms with Crippen LogP contribution in [0.1, 0.15) is 6.92 Å². The van der Waals surface area contributed by atoms with E-state index in [9.17, 15) is 0 Å². The lowest BCUT2D eigenvalue weighted by atomic mass is 10.6. The van der Waals surface area contributed by atoms with Crippen LogP contribution in [0.2, 0.25) is 0 Å². The molecule has 3 nitrogen and oxygen atoms in total. The molecular weight excluding hydrogens is 102 g/mol. The fourth-order valence-corrected chi connectivity index (χ4v) is 0.339. The van der Waals surface area contributed by atoms with E-state index < -0.39 is 0 Å². The lowest BCUT2D eigenvalue weighted by Crippen LogP contribution is -2.28. The van der Waals surface area contributed by atoms with Crippen LogP contribution < -0.4 is 11.3 Å². The van der Waals surface area contributed by atoms with E-state index in [0.29, 0.717) is 5.84 Å². The summed E-state index contributed by atoms with van der Waals surface area (Å²) >= 11 is 0. The molecule has 0 fully saturated rings. The molecule has 0 aliphatic heterocycles. The molecule has 46 valence electrons. The first kappa shape index (κ1) is 7.17. The summed E-state index contributed by atoms with van der Waals surface area (Å²) in [6, 6.07) is 0. The molecule has 0 amide bonds. The summed E-state index contributed by atoms with van der Waals surface area (Å²) in [6.07, 6.45) is 1.57. The number of hydrogen-bond donors (Lipinski definition) is 2. The Kier molecular flexibility index (Phi) is 3.88. The van der Waals surface area contributed by atoms with Crippen molar-refractivity contribution in [1.82, 2.24) is 5.43 Å². The number of hydrogen-bond acceptors (Lipinski definition) is 2. The molecule has 0 bridgehead atoms. The van der Waals surface area contributed by atoms with E-state index in [4.69, 9.17) is 5.84 Å². The highest BCUT2D eigenvalue weighted by Crippen LogP contribution is 1.71. The minimum absolute atomic E-state index is 0.632. The molecule has 0 unspecified atom stereocenters. The molecule has 3 N–H and O–H groups in total. The van der Waals surface area contributed by atoms with Crippen molar-refractivity contribution < 1.29 is 0 Å². The molecule has 8 heavy (non-hydrogen) atoms. The maximum absolute atomic E-state index is 5.02. The van der Waals surface area contributed by atoms with Gasteiger partial charge in [-0.15, -0.1) is 0 Å². The highest BCUT2D eigenvalue weighted by Gasteiger charge is 1.80. The Labute approximate surface area is 49.3 Å². The zero-order valence-corrected chi connectivity index (χ0v) is 5.02. The molecule has 0 radical (unpaired) electrons. The number of rotatable bonds is 2. The third-order valence-electron chi connectivity index (χ3n) is 0.670. The average Bonchev–Trinajstić information content (AvgIpc) is 1.83. The van der Waals surface area contributed by atoms with Crippen molar-refractivity contribution in [2.45, 2.75) is 6.92 Å². The topological polar surface area (TPSA) is 50.4 Å². The van der Waals surface area contributed by atoms with Crippen LogP contribution in [-0.2, 0) is 0 Å². The molecule has 0 heterocycles. The normalized spacial score (nSPS) is 11.0. The largest absolute Gasteiger partial charge is 0.309 e. The van der Waals surface area contributed by atoms with E-state index in [1.807, 2.05) is 6.92 Å². The smallest absolute Gasteiger partial charge is 0.134 e. The van der Waals surface area contributed by atoms with E-state index in [1.54, 1.807) is 6.08 Å². The van der Waals surface area contributed by atoms with Gasteiger partial charge in [-0.25, -0.2) is 5.84 Å². The van der Waals surface area contributed by atoms with Crippen LogP contribution >= 0.6 is 0 Å². The Morgan fingerprint density at radius 2 is 2.62 bits per heavy atom. The second-order valence-corrected chi connectivity index (χ2v) is 1.21. The predicted octanol–water partition coefficient (Wildman–Crippen LogP) is 0.0541. The summed E-state index contributed by atoms with van der Waals surface area (Å²) < 4.78 is 0. The van der Waals surface area contributed by atoms with Gasteiger partial charge in [0.05, 0.1) is 0 Å². The molecule has 0 aliphatic carbocycles. The molecule has 0 aromatic carbocycles. The SMILES string of the molecule is C=C/C(=N\CC)NN. The number of nitrogens with zero attached hydrogens (tertiary/aromatic N) is 1. The molecule has 0 saturated carbocycles. The highest BCUT2D eigenvalue weighted by molar-refractivity contribution is 5.91. The van der Waals surface area contributed by atoms with Crippen LogP contribution in [-0.4, -0.2) is 12.4 Å². The van der Waals surface area contributed by atoms with E-state index in [2.05, 4.69) is 17.0 Å². The summed E-state index contributed by atoms with van der Waals surface area (Å²) in [5.74, 6) is 5.65. The van der Waals surface area contributed by atoms with Gasteiger partial charge in [-0.3, -0.25) is 4.99 Å². The molecule has 0 aromatic rings. The molecule has 0 saturated heterocycles. The third-order valence-corrected chi connectivity index (χ3v) is 0.670. The summed E-state index contributed by atoms with van der Waals surface area (Å²) in [6.45, 7) is 6.14. The second-order valence-electron chi connectivity index (χ2n) is 1.21. The van der Waals surface area contributed by atoms with Crippen LogP contribution in [0.5, 0.6) is 0 Å². The van der Waals surface area contributed by atoms with Crippen molar-refractivity contribution in [3.63, 3.8) is 0 Å². The Balaban J connectivity index is 3.66. The van der Waals surface area contributed by atoms with Crippen LogP contribution in [0.25, 0.3) is 0 Å². The fraction of sp³-hybridized carbons (Fsp3) is 0.400. The first-order chi connectivity index (χ1) is 3.85. The van der Waals surface area contributed by atoms with Crippen LogP contribution in [0.4, 0.5) is 0 Å². The number of amidine groups is 1. The molecule has 0 aromatic heterocycles. The zero-order chi connectivity index (χ0) is 6.41. The van der Waals surface area contributed by atoms with Gasteiger partial charge in [0.1, 0.15) is 5.84 Å². The van der Waals surface area contributed by atoms with Gasteiger partial charge in [0, 0.05) is 6.54 Å². The Hall–Kier alpha value is -0.830. The number of hydrazine groups is 1. The van der Waals surface area contributed by atoms with Gasteiger partial charge < -0.3 is 5.43 Å². The minimum Gasteiger partial charge on any atom is -0.309 e. The zero-order valence-electron chi connectivity index (χ0n) is 5.02. The standard InChI is InChI=1S/C5H11N3/c1-3-5(8-6)7-4-2/h3H,1,4,6H2,2H3,(H,7,8). The molecular formula is C5H11N3. The molecule has 0 spiro atoms. The van der Waals surface area contributed by atoms with E-state index >= 15 is 0 Å². The lowest BCUT2D eigenvalue weighted by Gasteiger charge is -1.94. The van der Waals surface area contributed by atoms with Crippen molar-refractivity contribution in [2.75, 3.05) is 6.54 Å². The summed E-state index contributed by atoms with van der Waals surface area (Å²) in [5.41, 5.74) is 2.38. The molecule has 0 rings (SSSR count). The maximum atomic E-state index is 5.02. The van der Waals surface area contributed by atoms with Gasteiger partial charge in [-0.1, -0.05) is 6.58 Å². The highest BCUT2D eigenvalue weighted by atomic mass is 15.2. The predicted molar refractivity (Wildman–Crippen MR) is 35.5 cm³/mol. The quantitative estimate of drug-likeness (QED) is 0.230. The van der Waals surface area contributed by atoms with E-state index in [0.717, 1.165) is 6.54 Å². The number of nitrogens with one attached hydrogen (secondary N) is 1. The second kappa shape index (κ2) is 4.33. The van der Waals surface area contributed by atoms with Crippen LogP contribution in [0.3, 0.4) is 0 Å². The molecule has 3 heteroatoms. The summed E-state index contributed by atoms with van der Waals surface area (Å²) in [7, 11) is 0. The average molecular weight is 113 g/mol. The number of aliphatic imine (C=N–C) groups is 1. The Morgan fingerprint density at radius 1 is 2.00 bits per heavy atom. The maximum Gasteiger partial charge on any atom is 0.134 e. The third kappa shape index (κ3) is 2.36. The lowest BCUT2D eigenvalue weighted by molar-refractivity contribution is 0.998. The number of nitrogens with two attached hydrogens (primary N) is 1. The summed E-state index contributed by atoms with van der Waals surface area (Å²) in [5, 5.41) is 0. The van der Waals surface area contributed by atoms with Crippen molar-refractivity contribution in [2.24, 2.45) is 10.8 Å². The Morgan fingerprint density at radius 3 is 2.75 bits per heavy atom.